The molecular formula is C18H18BrFN2O3S. The van der Waals surface area contributed by atoms with Gasteiger partial charge in [-0.3, -0.25) is 4.79 Å². The summed E-state index contributed by atoms with van der Waals surface area (Å²) in [5.74, 6) is -0.817. The van der Waals surface area contributed by atoms with E-state index in [0.717, 1.165) is 38.6 Å². The predicted octanol–water partition coefficient (Wildman–Crippen LogP) is 3.19. The molecule has 0 bridgehead atoms. The highest BCUT2D eigenvalue weighted by atomic mass is 79.9. The van der Waals surface area contributed by atoms with Gasteiger partial charge in [0.15, 0.2) is 0 Å². The Hall–Kier alpha value is -1.77. The van der Waals surface area contributed by atoms with Gasteiger partial charge in [0.2, 0.25) is 15.9 Å². The number of carbonyl (C=O) groups excluding carboxylic acids is 1. The summed E-state index contributed by atoms with van der Waals surface area (Å²) in [6.07, 6.45) is 0.717. The van der Waals surface area contributed by atoms with Crippen LogP contribution in [0.25, 0.3) is 0 Å². The lowest BCUT2D eigenvalue weighted by atomic mass is 10.1. The summed E-state index contributed by atoms with van der Waals surface area (Å²) < 4.78 is 40.1. The quantitative estimate of drug-likeness (QED) is 0.733. The molecule has 0 aliphatic carbocycles. The Bertz CT molecular complexity index is 947. The number of hydrogen-bond donors (Lipinski definition) is 0. The van der Waals surface area contributed by atoms with E-state index in [1.54, 1.807) is 4.90 Å². The number of benzene rings is 2. The molecule has 0 radical (unpaired) electrons. The first-order valence-electron chi connectivity index (χ1n) is 8.02. The van der Waals surface area contributed by atoms with Gasteiger partial charge in [0.05, 0.1) is 11.4 Å². The van der Waals surface area contributed by atoms with Crippen molar-refractivity contribution in [2.24, 2.45) is 0 Å². The van der Waals surface area contributed by atoms with Gasteiger partial charge >= 0.3 is 0 Å². The minimum Gasteiger partial charge on any atom is -0.308 e. The van der Waals surface area contributed by atoms with Gasteiger partial charge in [-0.25, -0.2) is 12.8 Å². The molecule has 0 fully saturated rings. The molecular weight excluding hydrogens is 423 g/mol. The lowest BCUT2D eigenvalue weighted by Gasteiger charge is -2.25. The number of sulfonamides is 1. The maximum atomic E-state index is 13.0. The Morgan fingerprint density at radius 1 is 1.27 bits per heavy atom. The van der Waals surface area contributed by atoms with Crippen LogP contribution in [0.4, 0.5) is 10.1 Å². The van der Waals surface area contributed by atoms with Crippen molar-refractivity contribution in [1.29, 1.82) is 0 Å². The van der Waals surface area contributed by atoms with Crippen LogP contribution in [-0.4, -0.2) is 38.3 Å². The average molecular weight is 441 g/mol. The van der Waals surface area contributed by atoms with E-state index >= 15 is 0 Å². The highest BCUT2D eigenvalue weighted by Crippen LogP contribution is 2.34. The second-order valence-corrected chi connectivity index (χ2v) is 9.27. The molecule has 8 heteroatoms. The SMILES string of the molecule is C[C@@H]1Cc2cc(Br)ccc2N1C(=O)CN(C)S(=O)(=O)c1ccc(F)cc1. The van der Waals surface area contributed by atoms with Gasteiger partial charge in [-0.15, -0.1) is 0 Å². The lowest BCUT2D eigenvalue weighted by molar-refractivity contribution is -0.118. The molecule has 2 aromatic carbocycles. The zero-order valence-electron chi connectivity index (χ0n) is 14.3. The third-order valence-corrected chi connectivity index (χ3v) is 6.72. The molecule has 138 valence electrons. The first-order chi connectivity index (χ1) is 12.2. The number of carbonyl (C=O) groups is 1. The summed E-state index contributed by atoms with van der Waals surface area (Å²) in [5, 5.41) is 0. The number of amides is 1. The van der Waals surface area contributed by atoms with Crippen LogP contribution >= 0.6 is 15.9 Å². The van der Waals surface area contributed by atoms with Gasteiger partial charge in [0.25, 0.3) is 0 Å². The molecule has 5 nitrogen and oxygen atoms in total. The topological polar surface area (TPSA) is 57.7 Å². The number of nitrogens with zero attached hydrogens (tertiary/aromatic N) is 2. The Morgan fingerprint density at radius 3 is 2.58 bits per heavy atom. The summed E-state index contributed by atoms with van der Waals surface area (Å²) >= 11 is 3.42. The Labute approximate surface area is 160 Å². The highest BCUT2D eigenvalue weighted by molar-refractivity contribution is 9.10. The van der Waals surface area contributed by atoms with E-state index in [0.29, 0.717) is 0 Å². The predicted molar refractivity (Wildman–Crippen MR) is 101 cm³/mol. The van der Waals surface area contributed by atoms with E-state index < -0.39 is 15.8 Å². The van der Waals surface area contributed by atoms with Crippen molar-refractivity contribution < 1.29 is 17.6 Å². The molecule has 1 amide bonds. The number of halogens is 2. The first kappa shape index (κ1) is 19.0. The van der Waals surface area contributed by atoms with Crippen molar-refractivity contribution in [3.8, 4) is 0 Å². The summed E-state index contributed by atoms with van der Waals surface area (Å²) in [6, 6.07) is 10.2. The lowest BCUT2D eigenvalue weighted by Crippen LogP contribution is -2.43. The van der Waals surface area contributed by atoms with Crippen molar-refractivity contribution in [3.63, 3.8) is 0 Å². The fourth-order valence-electron chi connectivity index (χ4n) is 3.12. The highest BCUT2D eigenvalue weighted by Gasteiger charge is 2.33. The summed E-state index contributed by atoms with van der Waals surface area (Å²) in [4.78, 5) is 14.4. The maximum absolute atomic E-state index is 13.0. The van der Waals surface area contributed by atoms with Crippen LogP contribution in [0.2, 0.25) is 0 Å². The van der Waals surface area contributed by atoms with E-state index in [4.69, 9.17) is 0 Å². The second-order valence-electron chi connectivity index (χ2n) is 6.30. The van der Waals surface area contributed by atoms with E-state index in [1.165, 1.54) is 19.2 Å². The van der Waals surface area contributed by atoms with Crippen molar-refractivity contribution in [3.05, 3.63) is 58.3 Å². The van der Waals surface area contributed by atoms with Crippen LogP contribution in [-0.2, 0) is 21.2 Å². The average Bonchev–Trinajstić information content (AvgIpc) is 2.89. The molecule has 0 aromatic heterocycles. The van der Waals surface area contributed by atoms with Crippen LogP contribution in [0, 0.1) is 5.82 Å². The third-order valence-electron chi connectivity index (χ3n) is 4.41. The van der Waals surface area contributed by atoms with Crippen LogP contribution in [0.5, 0.6) is 0 Å². The normalized spacial score (nSPS) is 16.8. The van der Waals surface area contributed by atoms with Crippen molar-refractivity contribution >= 4 is 37.5 Å². The van der Waals surface area contributed by atoms with Gasteiger partial charge in [-0.2, -0.15) is 4.31 Å². The zero-order chi connectivity index (χ0) is 19.1. The molecule has 0 N–H and O–H groups in total. The zero-order valence-corrected chi connectivity index (χ0v) is 16.7. The summed E-state index contributed by atoms with van der Waals surface area (Å²) in [7, 11) is -2.52. The minimum absolute atomic E-state index is 0.0475. The fraction of sp³-hybridized carbons (Fsp3) is 0.278. The van der Waals surface area contributed by atoms with Gasteiger partial charge in [-0.1, -0.05) is 15.9 Å². The smallest absolute Gasteiger partial charge is 0.243 e. The van der Waals surface area contributed by atoms with Gasteiger partial charge in [-0.05, 0) is 61.4 Å². The van der Waals surface area contributed by atoms with E-state index in [9.17, 15) is 17.6 Å². The number of hydrogen-bond acceptors (Lipinski definition) is 3. The standard InChI is InChI=1S/C18H18BrFN2O3S/c1-12-9-13-10-14(19)3-8-17(13)22(12)18(23)11-21(2)26(24,25)16-6-4-15(20)5-7-16/h3-8,10,12H,9,11H2,1-2H3/t12-/m1/s1. The van der Waals surface area contributed by atoms with Crippen molar-refractivity contribution in [2.75, 3.05) is 18.5 Å². The van der Waals surface area contributed by atoms with Crippen LogP contribution in [0.1, 0.15) is 12.5 Å². The van der Waals surface area contributed by atoms with Crippen LogP contribution in [0.15, 0.2) is 51.8 Å². The molecule has 0 spiro atoms. The maximum Gasteiger partial charge on any atom is 0.243 e. The summed E-state index contributed by atoms with van der Waals surface area (Å²) in [5.41, 5.74) is 1.85. The molecule has 1 aliphatic heterocycles. The van der Waals surface area contributed by atoms with Crippen molar-refractivity contribution in [2.45, 2.75) is 24.3 Å². The largest absolute Gasteiger partial charge is 0.308 e. The van der Waals surface area contributed by atoms with Crippen LogP contribution in [0.3, 0.4) is 0 Å². The third kappa shape index (κ3) is 3.54. The molecule has 3 rings (SSSR count). The molecule has 0 unspecified atom stereocenters. The molecule has 1 atom stereocenters. The number of rotatable bonds is 4. The Balaban J connectivity index is 1.81. The van der Waals surface area contributed by atoms with Crippen LogP contribution < -0.4 is 4.90 Å². The van der Waals surface area contributed by atoms with E-state index in [1.807, 2.05) is 25.1 Å². The summed E-state index contributed by atoms with van der Waals surface area (Å²) in [6.45, 7) is 1.64. The Morgan fingerprint density at radius 2 is 1.92 bits per heavy atom. The van der Waals surface area contributed by atoms with E-state index in [2.05, 4.69) is 15.9 Å². The second kappa shape index (κ2) is 7.09. The number of fused-ring (bicyclic) bond motifs is 1. The number of likely N-dealkylation sites (N-methyl/N-ethyl adjacent to an activating group) is 1. The molecule has 2 aromatic rings. The monoisotopic (exact) mass is 440 g/mol. The fourth-order valence-corrected chi connectivity index (χ4v) is 4.65. The van der Waals surface area contributed by atoms with Gasteiger partial charge < -0.3 is 4.90 Å². The molecule has 0 saturated heterocycles. The number of anilines is 1. The molecule has 1 heterocycles. The minimum atomic E-state index is -3.87. The molecule has 26 heavy (non-hydrogen) atoms. The van der Waals surface area contributed by atoms with Crippen molar-refractivity contribution in [1.82, 2.24) is 4.31 Å². The Kier molecular flexibility index (Phi) is 5.18. The molecule has 0 saturated carbocycles. The van der Waals surface area contributed by atoms with E-state index in [-0.39, 0.29) is 23.4 Å². The molecule has 1 aliphatic rings. The van der Waals surface area contributed by atoms with Gasteiger partial charge in [0, 0.05) is 23.2 Å². The van der Waals surface area contributed by atoms with Gasteiger partial charge in [0.1, 0.15) is 5.82 Å². The first-order valence-corrected chi connectivity index (χ1v) is 10.3.